The van der Waals surface area contributed by atoms with Crippen molar-refractivity contribution in [3.63, 3.8) is 0 Å². The number of amides is 2. The lowest BCUT2D eigenvalue weighted by Gasteiger charge is -2.16. The molecular weight excluding hydrogens is 300 g/mol. The fourth-order valence-corrected chi connectivity index (χ4v) is 1.95. The normalized spacial score (nSPS) is 11.4. The molecule has 0 aliphatic carbocycles. The summed E-state index contributed by atoms with van der Waals surface area (Å²) >= 11 is 0. The average molecular weight is 322 g/mol. The maximum atomic E-state index is 11.9. The molecule has 0 aliphatic rings. The number of carboxylic acid groups (broad SMARTS) is 1. The Labute approximate surface area is 135 Å². The first kappa shape index (κ1) is 18.5. The van der Waals surface area contributed by atoms with Crippen LogP contribution in [0.3, 0.4) is 0 Å². The van der Waals surface area contributed by atoms with Crippen molar-refractivity contribution in [1.29, 1.82) is 0 Å². The van der Waals surface area contributed by atoms with Crippen LogP contribution in [-0.2, 0) is 14.4 Å². The molecule has 7 heteroatoms. The Morgan fingerprint density at radius 3 is 2.26 bits per heavy atom. The standard InChI is InChI=1S/C16H22N2O5/c1-10-7-11(2)9-13(8-10)23-12(3)16(22)18-17-14(19)5-4-6-15(20)21/h7-9,12H,4-6H2,1-3H3,(H,17,19)(H,18,22)(H,20,21). The maximum Gasteiger partial charge on any atom is 0.303 e. The number of rotatable bonds is 7. The van der Waals surface area contributed by atoms with Gasteiger partial charge in [-0.3, -0.25) is 25.2 Å². The van der Waals surface area contributed by atoms with E-state index in [1.807, 2.05) is 32.0 Å². The van der Waals surface area contributed by atoms with Gasteiger partial charge in [-0.05, 0) is 50.5 Å². The monoisotopic (exact) mass is 322 g/mol. The number of hydrogen-bond acceptors (Lipinski definition) is 4. The predicted octanol–water partition coefficient (Wildman–Crippen LogP) is 1.47. The molecule has 1 atom stereocenters. The number of benzene rings is 1. The zero-order valence-corrected chi connectivity index (χ0v) is 13.5. The molecule has 1 unspecified atom stereocenters. The Hall–Kier alpha value is -2.57. The maximum absolute atomic E-state index is 11.9. The van der Waals surface area contributed by atoms with E-state index < -0.39 is 23.9 Å². The van der Waals surface area contributed by atoms with Crippen molar-refractivity contribution in [2.24, 2.45) is 0 Å². The van der Waals surface area contributed by atoms with Gasteiger partial charge in [0.1, 0.15) is 5.75 Å². The molecule has 2 amide bonds. The first-order valence-corrected chi connectivity index (χ1v) is 7.33. The van der Waals surface area contributed by atoms with Gasteiger partial charge in [0.25, 0.3) is 5.91 Å². The number of carbonyl (C=O) groups is 3. The summed E-state index contributed by atoms with van der Waals surface area (Å²) in [5, 5.41) is 8.48. The summed E-state index contributed by atoms with van der Waals surface area (Å²) in [5.74, 6) is -1.32. The molecule has 0 radical (unpaired) electrons. The van der Waals surface area contributed by atoms with Crippen molar-refractivity contribution < 1.29 is 24.2 Å². The van der Waals surface area contributed by atoms with Crippen LogP contribution in [0.25, 0.3) is 0 Å². The minimum Gasteiger partial charge on any atom is -0.481 e. The average Bonchev–Trinajstić information content (AvgIpc) is 2.43. The zero-order valence-electron chi connectivity index (χ0n) is 13.5. The molecule has 1 aromatic rings. The van der Waals surface area contributed by atoms with Gasteiger partial charge >= 0.3 is 5.97 Å². The van der Waals surface area contributed by atoms with Gasteiger partial charge in [-0.2, -0.15) is 0 Å². The molecule has 1 aromatic carbocycles. The quantitative estimate of drug-likeness (QED) is 0.659. The van der Waals surface area contributed by atoms with Crippen molar-refractivity contribution in [3.05, 3.63) is 29.3 Å². The highest BCUT2D eigenvalue weighted by Gasteiger charge is 2.15. The third kappa shape index (κ3) is 7.30. The molecular formula is C16H22N2O5. The van der Waals surface area contributed by atoms with E-state index >= 15 is 0 Å². The number of aryl methyl sites for hydroxylation is 2. The largest absolute Gasteiger partial charge is 0.481 e. The molecule has 0 aliphatic heterocycles. The molecule has 0 bridgehead atoms. The number of carboxylic acids is 1. The fourth-order valence-electron chi connectivity index (χ4n) is 1.95. The van der Waals surface area contributed by atoms with Crippen LogP contribution in [-0.4, -0.2) is 29.0 Å². The zero-order chi connectivity index (χ0) is 17.4. The van der Waals surface area contributed by atoms with Gasteiger partial charge in [0, 0.05) is 12.8 Å². The Morgan fingerprint density at radius 2 is 1.70 bits per heavy atom. The lowest BCUT2D eigenvalue weighted by atomic mass is 10.1. The van der Waals surface area contributed by atoms with Crippen molar-refractivity contribution in [1.82, 2.24) is 10.9 Å². The smallest absolute Gasteiger partial charge is 0.303 e. The minimum atomic E-state index is -0.961. The number of hydrazine groups is 1. The van der Waals surface area contributed by atoms with Crippen molar-refractivity contribution in [2.75, 3.05) is 0 Å². The lowest BCUT2D eigenvalue weighted by Crippen LogP contribution is -2.47. The van der Waals surface area contributed by atoms with Gasteiger partial charge in [-0.25, -0.2) is 0 Å². The molecule has 126 valence electrons. The van der Waals surface area contributed by atoms with Gasteiger partial charge in [0.2, 0.25) is 5.91 Å². The molecule has 1 rings (SSSR count). The van der Waals surface area contributed by atoms with Crippen LogP contribution in [0.4, 0.5) is 0 Å². The van der Waals surface area contributed by atoms with Crippen LogP contribution in [0.2, 0.25) is 0 Å². The number of aliphatic carboxylic acids is 1. The highest BCUT2D eigenvalue weighted by molar-refractivity contribution is 5.84. The van der Waals surface area contributed by atoms with E-state index in [4.69, 9.17) is 9.84 Å². The van der Waals surface area contributed by atoms with Crippen molar-refractivity contribution in [2.45, 2.75) is 46.1 Å². The van der Waals surface area contributed by atoms with Crippen LogP contribution < -0.4 is 15.6 Å². The Bertz CT molecular complexity index is 566. The minimum absolute atomic E-state index is 0.0267. The summed E-state index contributed by atoms with van der Waals surface area (Å²) in [5.41, 5.74) is 6.55. The number of carbonyl (C=O) groups excluding carboxylic acids is 2. The SMILES string of the molecule is Cc1cc(C)cc(OC(C)C(=O)NNC(=O)CCCC(=O)O)c1. The van der Waals surface area contributed by atoms with Crippen molar-refractivity contribution in [3.8, 4) is 5.75 Å². The van der Waals surface area contributed by atoms with Gasteiger partial charge in [0.15, 0.2) is 6.10 Å². The van der Waals surface area contributed by atoms with Crippen LogP contribution >= 0.6 is 0 Å². The molecule has 7 nitrogen and oxygen atoms in total. The second-order valence-corrected chi connectivity index (χ2v) is 5.37. The van der Waals surface area contributed by atoms with E-state index in [-0.39, 0.29) is 19.3 Å². The van der Waals surface area contributed by atoms with E-state index in [1.54, 1.807) is 6.92 Å². The Balaban J connectivity index is 2.39. The second kappa shape index (κ2) is 8.77. The molecule has 0 saturated heterocycles. The Kier molecular flexibility index (Phi) is 7.05. The third-order valence-corrected chi connectivity index (χ3v) is 3.00. The molecule has 0 heterocycles. The molecule has 23 heavy (non-hydrogen) atoms. The molecule has 0 spiro atoms. The summed E-state index contributed by atoms with van der Waals surface area (Å²) in [7, 11) is 0. The van der Waals surface area contributed by atoms with Crippen LogP contribution in [0.5, 0.6) is 5.75 Å². The lowest BCUT2D eigenvalue weighted by molar-refractivity contribution is -0.137. The third-order valence-electron chi connectivity index (χ3n) is 3.00. The summed E-state index contributed by atoms with van der Waals surface area (Å²) in [6.07, 6.45) is -0.631. The summed E-state index contributed by atoms with van der Waals surface area (Å²) in [6, 6.07) is 5.64. The molecule has 0 aromatic heterocycles. The second-order valence-electron chi connectivity index (χ2n) is 5.37. The van der Waals surface area contributed by atoms with Gasteiger partial charge in [-0.15, -0.1) is 0 Å². The van der Waals surface area contributed by atoms with E-state index in [0.717, 1.165) is 11.1 Å². The fraction of sp³-hybridized carbons (Fsp3) is 0.438. The first-order chi connectivity index (χ1) is 10.8. The van der Waals surface area contributed by atoms with Crippen LogP contribution in [0.15, 0.2) is 18.2 Å². The van der Waals surface area contributed by atoms with Gasteiger partial charge in [-0.1, -0.05) is 6.07 Å². The molecule has 0 saturated carbocycles. The number of ether oxygens (including phenoxy) is 1. The summed E-state index contributed by atoms with van der Waals surface area (Å²) in [4.78, 5) is 33.6. The van der Waals surface area contributed by atoms with E-state index in [1.165, 1.54) is 0 Å². The molecule has 3 N–H and O–H groups in total. The van der Waals surface area contributed by atoms with Crippen LogP contribution in [0, 0.1) is 13.8 Å². The summed E-state index contributed by atoms with van der Waals surface area (Å²) < 4.78 is 5.54. The van der Waals surface area contributed by atoms with E-state index in [0.29, 0.717) is 5.75 Å². The van der Waals surface area contributed by atoms with E-state index in [2.05, 4.69) is 10.9 Å². The highest BCUT2D eigenvalue weighted by Crippen LogP contribution is 2.17. The van der Waals surface area contributed by atoms with E-state index in [9.17, 15) is 14.4 Å². The molecule has 0 fully saturated rings. The van der Waals surface area contributed by atoms with Crippen molar-refractivity contribution >= 4 is 17.8 Å². The Morgan fingerprint density at radius 1 is 1.09 bits per heavy atom. The highest BCUT2D eigenvalue weighted by atomic mass is 16.5. The first-order valence-electron chi connectivity index (χ1n) is 7.33. The number of hydrogen-bond donors (Lipinski definition) is 3. The summed E-state index contributed by atoms with van der Waals surface area (Å²) in [6.45, 7) is 5.44. The predicted molar refractivity (Wildman–Crippen MR) is 83.8 cm³/mol. The van der Waals surface area contributed by atoms with Gasteiger partial charge < -0.3 is 9.84 Å². The van der Waals surface area contributed by atoms with Gasteiger partial charge in [0.05, 0.1) is 0 Å². The topological polar surface area (TPSA) is 105 Å². The van der Waals surface area contributed by atoms with Crippen LogP contribution in [0.1, 0.15) is 37.3 Å². The number of nitrogens with one attached hydrogen (secondary N) is 2.